The van der Waals surface area contributed by atoms with Crippen LogP contribution >= 0.6 is 0 Å². The Morgan fingerprint density at radius 3 is 2.56 bits per heavy atom. The Labute approximate surface area is 364 Å². The van der Waals surface area contributed by atoms with Crippen molar-refractivity contribution in [3.05, 3.63) is 69.9 Å². The van der Waals surface area contributed by atoms with E-state index in [0.29, 0.717) is 61.3 Å². The summed E-state index contributed by atoms with van der Waals surface area (Å²) in [5, 5.41) is 52.6. The fourth-order valence-electron chi connectivity index (χ4n) is 10.0. The molecular weight excluding hydrogens is 771 g/mol. The molecule has 2 heterocycles. The first-order chi connectivity index (χ1) is 29.5. The Morgan fingerprint density at radius 1 is 0.984 bits per heavy atom. The minimum Gasteiger partial charge on any atom is -0.504 e. The molecule has 5 rings (SSSR count). The van der Waals surface area contributed by atoms with Gasteiger partial charge in [-0.05, 0) is 125 Å². The molecule has 0 spiro atoms. The number of hydrogen-bond acceptors (Lipinski definition) is 10. The molecule has 342 valence electrons. The van der Waals surface area contributed by atoms with Crippen LogP contribution in [0, 0.1) is 23.7 Å². The highest BCUT2D eigenvalue weighted by molar-refractivity contribution is 5.77. The fourth-order valence-corrected chi connectivity index (χ4v) is 10.0. The molecule has 3 aromatic rings. The number of nitrogens with two attached hydrogens (primary N) is 2. The molecule has 0 radical (unpaired) electrons. The summed E-state index contributed by atoms with van der Waals surface area (Å²) in [4.78, 5) is 7.54. The summed E-state index contributed by atoms with van der Waals surface area (Å²) >= 11 is 0. The van der Waals surface area contributed by atoms with Crippen molar-refractivity contribution in [3.63, 3.8) is 0 Å². The summed E-state index contributed by atoms with van der Waals surface area (Å²) in [6.07, 6.45) is 14.3. The number of hydrogen-bond donors (Lipinski definition) is 10. The van der Waals surface area contributed by atoms with Crippen LogP contribution in [0.15, 0.2) is 39.7 Å². The predicted octanol–water partition coefficient (Wildman–Crippen LogP) is 5.73. The van der Waals surface area contributed by atoms with Crippen LogP contribution in [0.5, 0.6) is 11.5 Å². The quantitative estimate of drug-likeness (QED) is 0.0254. The monoisotopic (exact) mass is 850 g/mol. The second kappa shape index (κ2) is 24.9. The number of phenolic OH excluding ortho intramolecular Hbond substituents is 1. The standard InChI is InChI=1S/C48H79N7O6/c1-31(26-54-48(50)52-4)9-7-11-33(21-22-49)10-5-6-14-45-36(29-56)24-37(61-45)18-15-34-16-20-43(58)46(23-34)60-30-44(59)41-25-39-40(55-41)19-17-35-12-8-13-38(35)47(39)42(28-51-3)53-27-32(2)57/h16,20,23-25,31-33,35,38,42,44,47,51,53,55-59H,5-15,17-19,21-22,26-30,49H2,1-4H3,(H3,50,52,54). The van der Waals surface area contributed by atoms with Crippen LogP contribution in [-0.4, -0.2) is 90.4 Å². The molecule has 0 bridgehead atoms. The average molecular weight is 850 g/mol. The first-order valence-corrected chi connectivity index (χ1v) is 23.3. The van der Waals surface area contributed by atoms with Crippen molar-refractivity contribution < 1.29 is 29.6 Å². The number of aryl methyl sites for hydroxylation is 4. The number of fused-ring (bicyclic) bond motifs is 2. The Morgan fingerprint density at radius 2 is 1.80 bits per heavy atom. The number of benzene rings is 1. The summed E-state index contributed by atoms with van der Waals surface area (Å²) in [6, 6.07) is 9.61. The topological polar surface area (TPSA) is 220 Å². The van der Waals surface area contributed by atoms with Gasteiger partial charge in [0, 0.05) is 68.4 Å². The molecule has 1 fully saturated rings. The van der Waals surface area contributed by atoms with Gasteiger partial charge in [-0.25, -0.2) is 0 Å². The van der Waals surface area contributed by atoms with Crippen LogP contribution in [0.2, 0.25) is 0 Å². The van der Waals surface area contributed by atoms with E-state index in [4.69, 9.17) is 20.6 Å². The van der Waals surface area contributed by atoms with E-state index in [1.807, 2.05) is 32.2 Å². The van der Waals surface area contributed by atoms with Crippen molar-refractivity contribution in [3.8, 4) is 11.5 Å². The zero-order valence-corrected chi connectivity index (χ0v) is 37.6. The number of furan rings is 1. The number of likely N-dealkylation sites (N-methyl/N-ethyl adjacent to an activating group) is 1. The number of aliphatic imine (C=N–C) groups is 1. The Balaban J connectivity index is 1.12. The van der Waals surface area contributed by atoms with Crippen LogP contribution in [0.25, 0.3) is 0 Å². The number of ether oxygens (including phenoxy) is 1. The maximum absolute atomic E-state index is 11.4. The summed E-state index contributed by atoms with van der Waals surface area (Å²) < 4.78 is 12.4. The van der Waals surface area contributed by atoms with Gasteiger partial charge in [0.05, 0.1) is 12.7 Å². The average Bonchev–Trinajstić information content (AvgIpc) is 3.99. The number of unbranched alkanes of at least 4 members (excludes halogenated alkanes) is 1. The number of aromatic amines is 1. The molecule has 8 unspecified atom stereocenters. The number of nitrogens with zero attached hydrogens (tertiary/aromatic N) is 1. The lowest BCUT2D eigenvalue weighted by atomic mass is 9.76. The molecular formula is C48H79N7O6. The first-order valence-electron chi connectivity index (χ1n) is 23.3. The lowest BCUT2D eigenvalue weighted by Crippen LogP contribution is -2.47. The summed E-state index contributed by atoms with van der Waals surface area (Å²) in [5.41, 5.74) is 16.7. The third-order valence-corrected chi connectivity index (χ3v) is 13.4. The van der Waals surface area contributed by atoms with Crippen molar-refractivity contribution in [1.82, 2.24) is 20.9 Å². The smallest absolute Gasteiger partial charge is 0.188 e. The van der Waals surface area contributed by atoms with Gasteiger partial charge in [-0.2, -0.15) is 0 Å². The molecule has 1 aromatic carbocycles. The second-order valence-corrected chi connectivity index (χ2v) is 18.2. The number of phenols is 1. The van der Waals surface area contributed by atoms with Crippen molar-refractivity contribution in [2.24, 2.45) is 40.1 Å². The number of aliphatic hydroxyl groups is 3. The second-order valence-electron chi connectivity index (χ2n) is 18.2. The van der Waals surface area contributed by atoms with E-state index in [1.165, 1.54) is 43.4 Å². The lowest BCUT2D eigenvalue weighted by Gasteiger charge is -2.35. The fraction of sp³-hybridized carbons (Fsp3) is 0.688. The Hall–Kier alpha value is -3.59. The molecule has 1 saturated carbocycles. The largest absolute Gasteiger partial charge is 0.504 e. The van der Waals surface area contributed by atoms with E-state index in [0.717, 1.165) is 92.8 Å². The Bertz CT molecular complexity index is 1760. The van der Waals surface area contributed by atoms with Crippen LogP contribution < -0.4 is 32.2 Å². The highest BCUT2D eigenvalue weighted by atomic mass is 16.5. The maximum Gasteiger partial charge on any atom is 0.188 e. The first kappa shape index (κ1) is 48.4. The van der Waals surface area contributed by atoms with E-state index in [-0.39, 0.29) is 30.9 Å². The van der Waals surface area contributed by atoms with Gasteiger partial charge in [-0.3, -0.25) is 4.99 Å². The number of aromatic nitrogens is 1. The normalized spacial score (nSPS) is 20.4. The van der Waals surface area contributed by atoms with Gasteiger partial charge in [0.1, 0.15) is 24.2 Å². The van der Waals surface area contributed by atoms with Gasteiger partial charge in [0.2, 0.25) is 0 Å². The highest BCUT2D eigenvalue weighted by Crippen LogP contribution is 2.49. The molecule has 61 heavy (non-hydrogen) atoms. The van der Waals surface area contributed by atoms with Gasteiger partial charge in [-0.1, -0.05) is 51.5 Å². The molecule has 0 amide bonds. The van der Waals surface area contributed by atoms with Gasteiger partial charge in [0.25, 0.3) is 0 Å². The van der Waals surface area contributed by atoms with Crippen molar-refractivity contribution in [1.29, 1.82) is 0 Å². The lowest BCUT2D eigenvalue weighted by molar-refractivity contribution is 0.103. The number of aliphatic hydroxyl groups excluding tert-OH is 3. The van der Waals surface area contributed by atoms with E-state index in [2.05, 4.69) is 38.9 Å². The Kier molecular flexibility index (Phi) is 19.8. The molecule has 2 aromatic heterocycles. The minimum absolute atomic E-state index is 0.0101. The third-order valence-electron chi connectivity index (χ3n) is 13.4. The summed E-state index contributed by atoms with van der Waals surface area (Å²) in [7, 11) is 3.67. The van der Waals surface area contributed by atoms with Gasteiger partial charge in [0.15, 0.2) is 17.5 Å². The van der Waals surface area contributed by atoms with E-state index in [9.17, 15) is 20.4 Å². The predicted molar refractivity (Wildman–Crippen MR) is 244 cm³/mol. The SMILES string of the molecule is CN=C(N)NCC(C)CCCC(CCN)CCCCc1oc(CCc2ccc(O)c(OCC(O)c3cc4c([nH]3)CCC3CCCC3C4C(CNC)NCC(C)O)c2)cc1CO. The summed E-state index contributed by atoms with van der Waals surface area (Å²) in [5.74, 6) is 5.16. The minimum atomic E-state index is -0.906. The van der Waals surface area contributed by atoms with Crippen molar-refractivity contribution >= 4 is 5.96 Å². The number of H-pyrrole nitrogens is 1. The molecule has 0 saturated heterocycles. The highest BCUT2D eigenvalue weighted by Gasteiger charge is 2.42. The van der Waals surface area contributed by atoms with Crippen LogP contribution in [0.4, 0.5) is 0 Å². The maximum atomic E-state index is 11.4. The van der Waals surface area contributed by atoms with Crippen LogP contribution in [-0.2, 0) is 32.3 Å². The van der Waals surface area contributed by atoms with E-state index >= 15 is 0 Å². The molecule has 2 aliphatic rings. The molecule has 8 atom stereocenters. The number of rotatable bonds is 27. The molecule has 0 aliphatic heterocycles. The molecule has 12 N–H and O–H groups in total. The zero-order chi connectivity index (χ0) is 43.7. The van der Waals surface area contributed by atoms with Gasteiger partial charge >= 0.3 is 0 Å². The van der Waals surface area contributed by atoms with Gasteiger partial charge in [-0.15, -0.1) is 0 Å². The zero-order valence-electron chi connectivity index (χ0n) is 37.6. The van der Waals surface area contributed by atoms with E-state index < -0.39 is 12.2 Å². The number of nitrogens with one attached hydrogen (secondary N) is 4. The number of guanidine groups is 1. The van der Waals surface area contributed by atoms with E-state index in [1.54, 1.807) is 13.1 Å². The number of aromatic hydroxyl groups is 1. The molecule has 13 heteroatoms. The van der Waals surface area contributed by atoms with Gasteiger partial charge < -0.3 is 62.0 Å². The third kappa shape index (κ3) is 14.5. The van der Waals surface area contributed by atoms with Crippen molar-refractivity contribution in [2.45, 2.75) is 141 Å². The molecule has 13 nitrogen and oxygen atoms in total. The van der Waals surface area contributed by atoms with Crippen LogP contribution in [0.3, 0.4) is 0 Å². The molecule has 2 aliphatic carbocycles. The van der Waals surface area contributed by atoms with Crippen LogP contribution in [0.1, 0.15) is 136 Å². The van der Waals surface area contributed by atoms with Crippen molar-refractivity contribution in [2.75, 3.05) is 46.9 Å². The summed E-state index contributed by atoms with van der Waals surface area (Å²) in [6.45, 7) is 6.85.